The van der Waals surface area contributed by atoms with Gasteiger partial charge in [-0.1, -0.05) is 0 Å². The van der Waals surface area contributed by atoms with Gasteiger partial charge in [0, 0.05) is 18.0 Å². The third kappa shape index (κ3) is 1.27. The van der Waals surface area contributed by atoms with Gasteiger partial charge in [-0.3, -0.25) is 9.78 Å². The van der Waals surface area contributed by atoms with Gasteiger partial charge in [-0.15, -0.1) is 0 Å². The number of nitrogens with two attached hydrogens (primary N) is 1. The number of aryl methyl sites for hydroxylation is 1. The molecular weight excluding hydrogens is 180 g/mol. The molecule has 0 bridgehead atoms. The van der Waals surface area contributed by atoms with Crippen LogP contribution in [0.2, 0.25) is 0 Å². The summed E-state index contributed by atoms with van der Waals surface area (Å²) in [5.41, 5.74) is 10.4. The molecule has 2 heterocycles. The Morgan fingerprint density at radius 2 is 2.36 bits per heavy atom. The summed E-state index contributed by atoms with van der Waals surface area (Å²) >= 11 is 0. The summed E-state index contributed by atoms with van der Waals surface area (Å²) < 4.78 is 0. The van der Waals surface area contributed by atoms with Gasteiger partial charge in [0.05, 0.1) is 5.71 Å². The fraction of sp³-hybridized carbons (Fsp3) is 0.222. The standard InChI is InChI=1S/C9H10N4O/c1-5-2-3-11-4-6(5)8-7(10)9(14)13-12-8/h2-4,7H,10H2,1H3,(H,13,14). The summed E-state index contributed by atoms with van der Waals surface area (Å²) in [5.74, 6) is -0.275. The van der Waals surface area contributed by atoms with E-state index in [9.17, 15) is 4.79 Å². The number of aromatic nitrogens is 1. The van der Waals surface area contributed by atoms with Crippen molar-refractivity contribution in [3.63, 3.8) is 0 Å². The van der Waals surface area contributed by atoms with Crippen molar-refractivity contribution in [2.24, 2.45) is 10.8 Å². The maximum atomic E-state index is 11.1. The quantitative estimate of drug-likeness (QED) is 0.629. The zero-order valence-electron chi connectivity index (χ0n) is 7.69. The van der Waals surface area contributed by atoms with Crippen molar-refractivity contribution in [2.75, 3.05) is 0 Å². The molecule has 0 aromatic carbocycles. The van der Waals surface area contributed by atoms with Crippen LogP contribution in [0.5, 0.6) is 0 Å². The molecule has 0 fully saturated rings. The topological polar surface area (TPSA) is 80.4 Å². The highest BCUT2D eigenvalue weighted by atomic mass is 16.2. The van der Waals surface area contributed by atoms with E-state index in [2.05, 4.69) is 15.5 Å². The van der Waals surface area contributed by atoms with Gasteiger partial charge in [0.15, 0.2) is 0 Å². The Kier molecular flexibility index (Phi) is 2.01. The number of rotatable bonds is 1. The van der Waals surface area contributed by atoms with Crippen LogP contribution >= 0.6 is 0 Å². The van der Waals surface area contributed by atoms with Crippen LogP contribution in [0.1, 0.15) is 11.1 Å². The van der Waals surface area contributed by atoms with Crippen molar-refractivity contribution in [2.45, 2.75) is 13.0 Å². The number of pyridine rings is 1. The van der Waals surface area contributed by atoms with Crippen molar-refractivity contribution in [1.82, 2.24) is 10.4 Å². The lowest BCUT2D eigenvalue weighted by atomic mass is 10.0. The van der Waals surface area contributed by atoms with Crippen LogP contribution in [0.15, 0.2) is 23.6 Å². The van der Waals surface area contributed by atoms with Gasteiger partial charge in [0.1, 0.15) is 6.04 Å². The van der Waals surface area contributed by atoms with E-state index in [0.717, 1.165) is 11.1 Å². The van der Waals surface area contributed by atoms with E-state index >= 15 is 0 Å². The highest BCUT2D eigenvalue weighted by Gasteiger charge is 2.27. The van der Waals surface area contributed by atoms with E-state index < -0.39 is 6.04 Å². The minimum atomic E-state index is -0.683. The molecule has 2 rings (SSSR count). The SMILES string of the molecule is Cc1ccncc1C1=NNC(=O)C1N. The predicted octanol–water partition coefficient (Wildman–Crippen LogP) is -0.449. The van der Waals surface area contributed by atoms with Crippen LogP contribution in [0, 0.1) is 6.92 Å². The van der Waals surface area contributed by atoms with Crippen LogP contribution in [0.25, 0.3) is 0 Å². The van der Waals surface area contributed by atoms with Gasteiger partial charge in [-0.2, -0.15) is 5.10 Å². The normalized spacial score (nSPS) is 20.6. The molecule has 0 saturated heterocycles. The Labute approximate surface area is 81.0 Å². The molecule has 1 aliphatic heterocycles. The summed E-state index contributed by atoms with van der Waals surface area (Å²) in [6, 6.07) is 1.17. The monoisotopic (exact) mass is 190 g/mol. The molecule has 1 amide bonds. The number of amides is 1. The minimum absolute atomic E-state index is 0.275. The van der Waals surface area contributed by atoms with Gasteiger partial charge in [-0.05, 0) is 18.6 Å². The number of hydrogen-bond donors (Lipinski definition) is 2. The fourth-order valence-corrected chi connectivity index (χ4v) is 1.34. The van der Waals surface area contributed by atoms with Gasteiger partial charge in [-0.25, -0.2) is 5.43 Å². The van der Waals surface area contributed by atoms with E-state index in [0.29, 0.717) is 5.71 Å². The fourth-order valence-electron chi connectivity index (χ4n) is 1.34. The third-order valence-electron chi connectivity index (χ3n) is 2.18. The second kappa shape index (κ2) is 3.19. The summed E-state index contributed by atoms with van der Waals surface area (Å²) in [7, 11) is 0. The molecule has 0 aliphatic carbocycles. The van der Waals surface area contributed by atoms with Crippen LogP contribution in [-0.2, 0) is 4.79 Å². The third-order valence-corrected chi connectivity index (χ3v) is 2.18. The summed E-state index contributed by atoms with van der Waals surface area (Å²) in [6.07, 6.45) is 3.35. The first-order valence-electron chi connectivity index (χ1n) is 4.24. The average Bonchev–Trinajstić information content (AvgIpc) is 2.49. The molecular formula is C9H10N4O. The average molecular weight is 190 g/mol. The summed E-state index contributed by atoms with van der Waals surface area (Å²) in [5, 5.41) is 3.88. The van der Waals surface area contributed by atoms with Crippen molar-refractivity contribution in [3.8, 4) is 0 Å². The lowest BCUT2D eigenvalue weighted by Crippen LogP contribution is -2.37. The number of hydrogen-bond acceptors (Lipinski definition) is 4. The summed E-state index contributed by atoms with van der Waals surface area (Å²) in [4.78, 5) is 15.1. The Bertz CT molecular complexity index is 413. The molecule has 0 spiro atoms. The molecule has 5 heteroatoms. The second-order valence-electron chi connectivity index (χ2n) is 3.14. The maximum Gasteiger partial charge on any atom is 0.263 e. The Balaban J connectivity index is 2.42. The number of nitrogens with one attached hydrogen (secondary N) is 1. The van der Waals surface area contributed by atoms with E-state index in [1.54, 1.807) is 12.4 Å². The first-order valence-corrected chi connectivity index (χ1v) is 4.24. The molecule has 1 atom stereocenters. The van der Waals surface area contributed by atoms with Crippen LogP contribution in [0.3, 0.4) is 0 Å². The Morgan fingerprint density at radius 1 is 1.57 bits per heavy atom. The van der Waals surface area contributed by atoms with Gasteiger partial charge in [0.25, 0.3) is 5.91 Å². The van der Waals surface area contributed by atoms with Gasteiger partial charge in [0.2, 0.25) is 0 Å². The van der Waals surface area contributed by atoms with Crippen molar-refractivity contribution >= 4 is 11.6 Å². The highest BCUT2D eigenvalue weighted by molar-refractivity contribution is 6.19. The van der Waals surface area contributed by atoms with Crippen molar-refractivity contribution in [3.05, 3.63) is 29.6 Å². The molecule has 1 aromatic heterocycles. The number of carbonyl (C=O) groups excluding carboxylic acids is 1. The Morgan fingerprint density at radius 3 is 2.93 bits per heavy atom. The lowest BCUT2D eigenvalue weighted by molar-refractivity contribution is -0.120. The van der Waals surface area contributed by atoms with Crippen molar-refractivity contribution in [1.29, 1.82) is 0 Å². The first kappa shape index (κ1) is 8.83. The molecule has 5 nitrogen and oxygen atoms in total. The van der Waals surface area contributed by atoms with Gasteiger partial charge < -0.3 is 5.73 Å². The number of hydrazone groups is 1. The highest BCUT2D eigenvalue weighted by Crippen LogP contribution is 2.11. The zero-order chi connectivity index (χ0) is 10.1. The van der Waals surface area contributed by atoms with Crippen LogP contribution in [-0.4, -0.2) is 22.6 Å². The largest absolute Gasteiger partial charge is 0.315 e. The van der Waals surface area contributed by atoms with Crippen LogP contribution in [0.4, 0.5) is 0 Å². The van der Waals surface area contributed by atoms with Crippen molar-refractivity contribution < 1.29 is 4.79 Å². The molecule has 1 aromatic rings. The maximum absolute atomic E-state index is 11.1. The predicted molar refractivity (Wildman–Crippen MR) is 51.6 cm³/mol. The van der Waals surface area contributed by atoms with E-state index in [4.69, 9.17) is 5.73 Å². The molecule has 0 radical (unpaired) electrons. The number of carbonyl (C=O) groups is 1. The van der Waals surface area contributed by atoms with E-state index in [-0.39, 0.29) is 5.91 Å². The summed E-state index contributed by atoms with van der Waals surface area (Å²) in [6.45, 7) is 1.93. The van der Waals surface area contributed by atoms with Gasteiger partial charge >= 0.3 is 0 Å². The molecule has 14 heavy (non-hydrogen) atoms. The molecule has 72 valence electrons. The Hall–Kier alpha value is -1.75. The lowest BCUT2D eigenvalue weighted by Gasteiger charge is -2.06. The number of nitrogens with zero attached hydrogens (tertiary/aromatic N) is 2. The minimum Gasteiger partial charge on any atom is -0.315 e. The zero-order valence-corrected chi connectivity index (χ0v) is 7.69. The smallest absolute Gasteiger partial charge is 0.263 e. The molecule has 0 saturated carbocycles. The first-order chi connectivity index (χ1) is 6.70. The van der Waals surface area contributed by atoms with E-state index in [1.165, 1.54) is 0 Å². The molecule has 3 N–H and O–H groups in total. The second-order valence-corrected chi connectivity index (χ2v) is 3.14. The molecule has 1 aliphatic rings. The van der Waals surface area contributed by atoms with E-state index in [1.807, 2.05) is 13.0 Å². The van der Waals surface area contributed by atoms with Crippen LogP contribution < -0.4 is 11.2 Å². The molecule has 1 unspecified atom stereocenters.